The van der Waals surface area contributed by atoms with Crippen LogP contribution in [0.4, 0.5) is 10.1 Å². The molecule has 0 fully saturated rings. The maximum Gasteiger partial charge on any atom is 0.277 e. The lowest BCUT2D eigenvalue weighted by Crippen LogP contribution is -2.24. The molecule has 0 bridgehead atoms. The molecular formula is C26H25FN4O2. The van der Waals surface area contributed by atoms with Crippen molar-refractivity contribution in [3.8, 4) is 5.75 Å². The molecule has 3 aromatic carbocycles. The second-order valence-corrected chi connectivity index (χ2v) is 7.87. The van der Waals surface area contributed by atoms with Gasteiger partial charge >= 0.3 is 0 Å². The molecule has 0 aliphatic carbocycles. The van der Waals surface area contributed by atoms with Gasteiger partial charge in [0.2, 0.25) is 0 Å². The molecule has 0 atom stereocenters. The van der Waals surface area contributed by atoms with Gasteiger partial charge in [0.15, 0.2) is 6.61 Å². The van der Waals surface area contributed by atoms with Crippen molar-refractivity contribution in [3.63, 3.8) is 0 Å². The molecule has 7 heteroatoms. The minimum absolute atomic E-state index is 0.129. The molecule has 1 N–H and O–H groups in total. The minimum atomic E-state index is -0.344. The minimum Gasteiger partial charge on any atom is -0.484 e. The standard InChI is InChI=1S/C26H25FN4O2/c1-30(2)23-7-4-8-24(15-23)33-18-26(32)29-28-16-19-9-10-25-21(13-19)11-12-31(25)17-20-5-3-6-22(27)14-20/h3-16H,17-18H2,1-2H3,(H,29,32)/b28-16-. The van der Waals surface area contributed by atoms with Crippen LogP contribution in [-0.2, 0) is 11.3 Å². The van der Waals surface area contributed by atoms with Crippen LogP contribution >= 0.6 is 0 Å². The van der Waals surface area contributed by atoms with E-state index in [1.54, 1.807) is 18.3 Å². The average molecular weight is 445 g/mol. The number of halogens is 1. The second kappa shape index (κ2) is 9.99. The number of ether oxygens (including phenoxy) is 1. The second-order valence-electron chi connectivity index (χ2n) is 7.87. The Balaban J connectivity index is 1.33. The predicted octanol–water partition coefficient (Wildman–Crippen LogP) is 4.42. The van der Waals surface area contributed by atoms with Crippen molar-refractivity contribution in [3.05, 3.63) is 95.9 Å². The third-order valence-corrected chi connectivity index (χ3v) is 5.14. The van der Waals surface area contributed by atoms with Crippen molar-refractivity contribution >= 4 is 28.7 Å². The number of hydrazone groups is 1. The lowest BCUT2D eigenvalue weighted by Gasteiger charge is -2.13. The molecule has 1 heterocycles. The number of carbonyl (C=O) groups is 1. The Kier molecular flexibility index (Phi) is 6.69. The number of anilines is 1. The summed E-state index contributed by atoms with van der Waals surface area (Å²) < 4.78 is 21.1. The predicted molar refractivity (Wildman–Crippen MR) is 129 cm³/mol. The normalized spacial score (nSPS) is 11.1. The number of hydrogen-bond donors (Lipinski definition) is 1. The van der Waals surface area contributed by atoms with E-state index in [4.69, 9.17) is 4.74 Å². The van der Waals surface area contributed by atoms with Gasteiger partial charge in [0.1, 0.15) is 11.6 Å². The Morgan fingerprint density at radius 1 is 1.09 bits per heavy atom. The Hall–Kier alpha value is -4.13. The van der Waals surface area contributed by atoms with Gasteiger partial charge in [0, 0.05) is 49.5 Å². The summed E-state index contributed by atoms with van der Waals surface area (Å²) in [6.07, 6.45) is 3.56. The first-order valence-corrected chi connectivity index (χ1v) is 10.5. The number of nitrogens with one attached hydrogen (secondary N) is 1. The van der Waals surface area contributed by atoms with Crippen LogP contribution in [0.25, 0.3) is 10.9 Å². The van der Waals surface area contributed by atoms with Crippen LogP contribution in [0.1, 0.15) is 11.1 Å². The molecule has 0 unspecified atom stereocenters. The highest BCUT2D eigenvalue weighted by Gasteiger charge is 2.05. The van der Waals surface area contributed by atoms with Gasteiger partial charge in [0.25, 0.3) is 5.91 Å². The summed E-state index contributed by atoms with van der Waals surface area (Å²) in [6.45, 7) is 0.457. The molecule has 0 spiro atoms. The van der Waals surface area contributed by atoms with Crippen LogP contribution in [0.3, 0.4) is 0 Å². The zero-order valence-electron chi connectivity index (χ0n) is 18.5. The fourth-order valence-electron chi connectivity index (χ4n) is 3.48. The molecule has 168 valence electrons. The Morgan fingerprint density at radius 2 is 1.94 bits per heavy atom. The molecule has 4 rings (SSSR count). The summed E-state index contributed by atoms with van der Waals surface area (Å²) in [5.41, 5.74) is 6.26. The molecule has 0 saturated carbocycles. The maximum absolute atomic E-state index is 13.5. The molecule has 0 saturated heterocycles. The number of amides is 1. The largest absolute Gasteiger partial charge is 0.484 e. The molecule has 1 aromatic heterocycles. The zero-order valence-corrected chi connectivity index (χ0v) is 18.5. The van der Waals surface area contributed by atoms with Crippen LogP contribution in [0, 0.1) is 5.82 Å². The molecule has 6 nitrogen and oxygen atoms in total. The van der Waals surface area contributed by atoms with Gasteiger partial charge in [-0.2, -0.15) is 5.10 Å². The van der Waals surface area contributed by atoms with Crippen molar-refractivity contribution in [2.75, 3.05) is 25.6 Å². The van der Waals surface area contributed by atoms with E-state index in [-0.39, 0.29) is 18.3 Å². The maximum atomic E-state index is 13.5. The molecule has 0 aliphatic rings. The van der Waals surface area contributed by atoms with Crippen LogP contribution in [0.15, 0.2) is 84.1 Å². The van der Waals surface area contributed by atoms with Crippen LogP contribution in [0.5, 0.6) is 5.75 Å². The Bertz CT molecular complexity index is 1300. The topological polar surface area (TPSA) is 58.9 Å². The van der Waals surface area contributed by atoms with Crippen molar-refractivity contribution in [2.24, 2.45) is 5.10 Å². The van der Waals surface area contributed by atoms with Gasteiger partial charge in [-0.15, -0.1) is 0 Å². The monoisotopic (exact) mass is 444 g/mol. The van der Waals surface area contributed by atoms with E-state index in [9.17, 15) is 9.18 Å². The highest BCUT2D eigenvalue weighted by Crippen LogP contribution is 2.20. The lowest BCUT2D eigenvalue weighted by atomic mass is 10.1. The van der Waals surface area contributed by atoms with Gasteiger partial charge in [-0.1, -0.05) is 24.3 Å². The van der Waals surface area contributed by atoms with E-state index in [1.165, 1.54) is 12.1 Å². The first-order valence-electron chi connectivity index (χ1n) is 10.5. The number of nitrogens with zero attached hydrogens (tertiary/aromatic N) is 3. The quantitative estimate of drug-likeness (QED) is 0.323. The van der Waals surface area contributed by atoms with Crippen LogP contribution < -0.4 is 15.1 Å². The number of carbonyl (C=O) groups excluding carboxylic acids is 1. The van der Waals surface area contributed by atoms with Gasteiger partial charge in [-0.05, 0) is 53.6 Å². The molecular weight excluding hydrogens is 419 g/mol. The molecule has 0 radical (unpaired) electrons. The number of hydrogen-bond acceptors (Lipinski definition) is 4. The smallest absolute Gasteiger partial charge is 0.277 e. The van der Waals surface area contributed by atoms with E-state index >= 15 is 0 Å². The van der Waals surface area contributed by atoms with E-state index < -0.39 is 0 Å². The Morgan fingerprint density at radius 3 is 2.76 bits per heavy atom. The highest BCUT2D eigenvalue weighted by atomic mass is 19.1. The number of aromatic nitrogens is 1. The van der Waals surface area contributed by atoms with Gasteiger partial charge in [0.05, 0.1) is 6.21 Å². The summed E-state index contributed by atoms with van der Waals surface area (Å²) in [6, 6.07) is 22.0. The van der Waals surface area contributed by atoms with Gasteiger partial charge in [-0.3, -0.25) is 4.79 Å². The Labute approximate surface area is 191 Å². The number of rotatable bonds is 8. The van der Waals surface area contributed by atoms with Crippen molar-refractivity contribution in [1.29, 1.82) is 0 Å². The SMILES string of the molecule is CN(C)c1cccc(OCC(=O)N/N=C\c2ccc3c(ccn3Cc3cccc(F)c3)c2)c1. The van der Waals surface area contributed by atoms with Crippen molar-refractivity contribution in [2.45, 2.75) is 6.54 Å². The summed E-state index contributed by atoms with van der Waals surface area (Å²) >= 11 is 0. The third-order valence-electron chi connectivity index (χ3n) is 5.14. The fraction of sp³-hybridized carbons (Fsp3) is 0.154. The number of fused-ring (bicyclic) bond motifs is 1. The van der Waals surface area contributed by atoms with Gasteiger partial charge in [-0.25, -0.2) is 9.82 Å². The molecule has 4 aromatic rings. The lowest BCUT2D eigenvalue weighted by molar-refractivity contribution is -0.123. The molecule has 33 heavy (non-hydrogen) atoms. The first kappa shape index (κ1) is 22.1. The first-order chi connectivity index (χ1) is 16.0. The van der Waals surface area contributed by atoms with Gasteiger partial charge < -0.3 is 14.2 Å². The van der Waals surface area contributed by atoms with E-state index in [2.05, 4.69) is 15.1 Å². The van der Waals surface area contributed by atoms with Crippen molar-refractivity contribution in [1.82, 2.24) is 9.99 Å². The third kappa shape index (κ3) is 5.77. The fourth-order valence-corrected chi connectivity index (χ4v) is 3.48. The number of benzene rings is 3. The average Bonchev–Trinajstić information content (AvgIpc) is 3.20. The summed E-state index contributed by atoms with van der Waals surface area (Å²) in [5.74, 6) is 0.0364. The van der Waals surface area contributed by atoms with Crippen LogP contribution in [0.2, 0.25) is 0 Å². The van der Waals surface area contributed by atoms with Crippen molar-refractivity contribution < 1.29 is 13.9 Å². The summed E-state index contributed by atoms with van der Waals surface area (Å²) in [7, 11) is 3.88. The molecule has 0 aliphatic heterocycles. The highest BCUT2D eigenvalue weighted by molar-refractivity contribution is 5.90. The summed E-state index contributed by atoms with van der Waals surface area (Å²) in [5, 5.41) is 5.06. The van der Waals surface area contributed by atoms with E-state index in [1.807, 2.05) is 73.7 Å². The van der Waals surface area contributed by atoms with Crippen LogP contribution in [-0.4, -0.2) is 37.4 Å². The summed E-state index contributed by atoms with van der Waals surface area (Å²) in [4.78, 5) is 14.0. The zero-order chi connectivity index (χ0) is 23.2. The van der Waals surface area contributed by atoms with E-state index in [0.29, 0.717) is 12.3 Å². The van der Waals surface area contributed by atoms with E-state index in [0.717, 1.165) is 27.7 Å². The molecule has 1 amide bonds.